The Bertz CT molecular complexity index is 1120. The van der Waals surface area contributed by atoms with E-state index in [9.17, 15) is 19.1 Å². The second kappa shape index (κ2) is 7.05. The van der Waals surface area contributed by atoms with E-state index >= 15 is 0 Å². The van der Waals surface area contributed by atoms with Crippen molar-refractivity contribution in [2.24, 2.45) is 10.7 Å². The number of hydrogen-bond donors (Lipinski definition) is 2. The number of carboxylic acids is 1. The first-order chi connectivity index (χ1) is 13.9. The number of nitrogens with zero attached hydrogens (tertiary/aromatic N) is 6. The van der Waals surface area contributed by atoms with E-state index in [1.807, 2.05) is 0 Å². The minimum absolute atomic E-state index is 0.0397. The Morgan fingerprint density at radius 1 is 1.34 bits per heavy atom. The number of nitrogens with two attached hydrogens (primary N) is 1. The minimum Gasteiger partial charge on any atom is -0.477 e. The van der Waals surface area contributed by atoms with Gasteiger partial charge in [0.05, 0.1) is 5.39 Å². The van der Waals surface area contributed by atoms with Crippen LogP contribution in [0.3, 0.4) is 0 Å². The number of pyridine rings is 2. The van der Waals surface area contributed by atoms with Crippen LogP contribution < -0.4 is 16.1 Å². The zero-order valence-corrected chi connectivity index (χ0v) is 15.4. The van der Waals surface area contributed by atoms with Gasteiger partial charge in [0.25, 0.3) is 0 Å². The molecule has 11 heteroatoms. The molecule has 1 saturated heterocycles. The first-order valence-corrected chi connectivity index (χ1v) is 9.11. The van der Waals surface area contributed by atoms with Crippen LogP contribution in [-0.4, -0.2) is 57.7 Å². The third-order valence-corrected chi connectivity index (χ3v) is 5.18. The quantitative estimate of drug-likeness (QED) is 0.431. The molecule has 1 aliphatic heterocycles. The molecule has 0 radical (unpaired) electrons. The largest absolute Gasteiger partial charge is 0.477 e. The number of piperazine rings is 1. The number of aromatic carboxylic acids is 1. The molecule has 3 N–H and O–H groups in total. The van der Waals surface area contributed by atoms with Crippen molar-refractivity contribution in [3.63, 3.8) is 0 Å². The van der Waals surface area contributed by atoms with Gasteiger partial charge in [0.2, 0.25) is 17.6 Å². The van der Waals surface area contributed by atoms with Crippen molar-refractivity contribution in [1.82, 2.24) is 14.5 Å². The minimum atomic E-state index is -1.34. The summed E-state index contributed by atoms with van der Waals surface area (Å²) in [5.74, 6) is -1.82. The number of nitriles is 1. The highest BCUT2D eigenvalue weighted by atomic mass is 19.1. The van der Waals surface area contributed by atoms with Crippen molar-refractivity contribution in [3.8, 4) is 6.19 Å². The van der Waals surface area contributed by atoms with Gasteiger partial charge < -0.3 is 25.2 Å². The zero-order chi connectivity index (χ0) is 20.7. The zero-order valence-electron chi connectivity index (χ0n) is 15.4. The Morgan fingerprint density at radius 3 is 2.62 bits per heavy atom. The molecular formula is C18H18FN7O3. The Kier molecular flexibility index (Phi) is 4.54. The molecule has 3 heterocycles. The smallest absolute Gasteiger partial charge is 0.341 e. The third kappa shape index (κ3) is 3.33. The molecule has 1 saturated carbocycles. The van der Waals surface area contributed by atoms with Gasteiger partial charge in [-0.1, -0.05) is 0 Å². The molecule has 0 atom stereocenters. The van der Waals surface area contributed by atoms with Gasteiger partial charge in [-0.15, -0.1) is 4.99 Å². The molecule has 150 valence electrons. The molecule has 2 aliphatic rings. The maximum Gasteiger partial charge on any atom is 0.341 e. The van der Waals surface area contributed by atoms with Crippen LogP contribution in [0.1, 0.15) is 29.2 Å². The molecule has 0 amide bonds. The Labute approximate surface area is 164 Å². The van der Waals surface area contributed by atoms with Crippen LogP contribution in [0.5, 0.6) is 0 Å². The SMILES string of the molecule is N#CN=C(N)N1CCN(c2nc3c(cc2F)c(=O)c(C(=O)O)cn3C2CC2)CC1. The van der Waals surface area contributed by atoms with Crippen molar-refractivity contribution >= 4 is 28.8 Å². The van der Waals surface area contributed by atoms with Crippen molar-refractivity contribution < 1.29 is 14.3 Å². The number of guanidine groups is 1. The van der Waals surface area contributed by atoms with Crippen LogP contribution in [0, 0.1) is 17.3 Å². The number of anilines is 1. The maximum atomic E-state index is 14.8. The summed E-state index contributed by atoms with van der Waals surface area (Å²) >= 11 is 0. The highest BCUT2D eigenvalue weighted by Crippen LogP contribution is 2.37. The first kappa shape index (κ1) is 18.7. The topological polar surface area (TPSA) is 141 Å². The monoisotopic (exact) mass is 399 g/mol. The first-order valence-electron chi connectivity index (χ1n) is 9.11. The normalized spacial score (nSPS) is 17.4. The van der Waals surface area contributed by atoms with Gasteiger partial charge in [0.15, 0.2) is 11.6 Å². The van der Waals surface area contributed by atoms with E-state index in [-0.39, 0.29) is 34.4 Å². The van der Waals surface area contributed by atoms with E-state index in [1.54, 1.807) is 20.6 Å². The Hall–Kier alpha value is -3.68. The number of rotatable bonds is 3. The van der Waals surface area contributed by atoms with E-state index in [0.29, 0.717) is 26.2 Å². The van der Waals surface area contributed by atoms with Crippen LogP contribution in [-0.2, 0) is 0 Å². The predicted molar refractivity (Wildman–Crippen MR) is 102 cm³/mol. The number of fused-ring (bicyclic) bond motifs is 1. The van der Waals surface area contributed by atoms with Gasteiger partial charge in [0.1, 0.15) is 11.2 Å². The lowest BCUT2D eigenvalue weighted by Gasteiger charge is -2.35. The number of aliphatic imine (C=N–C) groups is 1. The van der Waals surface area contributed by atoms with Gasteiger partial charge >= 0.3 is 5.97 Å². The standard InChI is InChI=1S/C18H18FN7O3/c19-13-7-11-14(27)12(17(28)29)8-26(10-1-2-10)15(11)23-16(13)24-3-5-25(6-4-24)18(21)22-9-20/h7-8,10H,1-6H2,(H2,21,22)(H,28,29). The average molecular weight is 399 g/mol. The summed E-state index contributed by atoms with van der Waals surface area (Å²) in [6.07, 6.45) is 4.64. The summed E-state index contributed by atoms with van der Waals surface area (Å²) in [7, 11) is 0. The van der Waals surface area contributed by atoms with Crippen molar-refractivity contribution in [1.29, 1.82) is 5.26 Å². The van der Waals surface area contributed by atoms with E-state index in [1.165, 1.54) is 6.20 Å². The fourth-order valence-electron chi connectivity index (χ4n) is 3.51. The van der Waals surface area contributed by atoms with Crippen molar-refractivity contribution in [2.75, 3.05) is 31.1 Å². The fourth-order valence-corrected chi connectivity index (χ4v) is 3.51. The van der Waals surface area contributed by atoms with Gasteiger partial charge in [0, 0.05) is 38.4 Å². The highest BCUT2D eigenvalue weighted by Gasteiger charge is 2.29. The molecule has 2 aromatic rings. The van der Waals surface area contributed by atoms with E-state index in [0.717, 1.165) is 18.9 Å². The van der Waals surface area contributed by atoms with Crippen LogP contribution in [0.15, 0.2) is 22.1 Å². The van der Waals surface area contributed by atoms with Crippen LogP contribution in [0.4, 0.5) is 10.2 Å². The molecule has 1 aliphatic carbocycles. The van der Waals surface area contributed by atoms with Crippen LogP contribution >= 0.6 is 0 Å². The summed E-state index contributed by atoms with van der Waals surface area (Å²) in [5.41, 5.74) is 4.87. The number of halogens is 1. The molecule has 29 heavy (non-hydrogen) atoms. The lowest BCUT2D eigenvalue weighted by Crippen LogP contribution is -2.51. The maximum absolute atomic E-state index is 14.8. The molecule has 0 aromatic carbocycles. The van der Waals surface area contributed by atoms with E-state index < -0.39 is 17.2 Å². The van der Waals surface area contributed by atoms with Crippen molar-refractivity contribution in [3.05, 3.63) is 33.9 Å². The number of hydrogen-bond acceptors (Lipinski definition) is 6. The van der Waals surface area contributed by atoms with Crippen LogP contribution in [0.2, 0.25) is 0 Å². The van der Waals surface area contributed by atoms with Gasteiger partial charge in [-0.2, -0.15) is 5.26 Å². The van der Waals surface area contributed by atoms with Gasteiger partial charge in [-0.05, 0) is 18.9 Å². The summed E-state index contributed by atoms with van der Waals surface area (Å²) in [6.45, 7) is 1.67. The fraction of sp³-hybridized carbons (Fsp3) is 0.389. The summed E-state index contributed by atoms with van der Waals surface area (Å²) in [4.78, 5) is 35.3. The molecule has 0 unspecified atom stereocenters. The van der Waals surface area contributed by atoms with Gasteiger partial charge in [-0.3, -0.25) is 4.79 Å². The number of carboxylic acid groups (broad SMARTS) is 1. The van der Waals surface area contributed by atoms with Crippen molar-refractivity contribution in [2.45, 2.75) is 18.9 Å². The van der Waals surface area contributed by atoms with Crippen LogP contribution in [0.25, 0.3) is 11.0 Å². The summed E-state index contributed by atoms with van der Waals surface area (Å²) in [6, 6.07) is 1.13. The molecular weight excluding hydrogens is 381 g/mol. The van der Waals surface area contributed by atoms with E-state index in [2.05, 4.69) is 9.98 Å². The predicted octanol–water partition coefficient (Wildman–Crippen LogP) is 0.486. The molecule has 10 nitrogen and oxygen atoms in total. The summed E-state index contributed by atoms with van der Waals surface area (Å²) in [5, 5.41) is 17.9. The highest BCUT2D eigenvalue weighted by molar-refractivity contribution is 5.92. The molecule has 0 bridgehead atoms. The number of aromatic nitrogens is 2. The Morgan fingerprint density at radius 2 is 2.03 bits per heavy atom. The number of carbonyl (C=O) groups is 1. The second-order valence-corrected chi connectivity index (χ2v) is 7.02. The molecule has 0 spiro atoms. The molecule has 4 rings (SSSR count). The molecule has 2 fully saturated rings. The van der Waals surface area contributed by atoms with Gasteiger partial charge in [-0.25, -0.2) is 14.2 Å². The average Bonchev–Trinajstić information content (AvgIpc) is 3.53. The lowest BCUT2D eigenvalue weighted by atomic mass is 10.1. The third-order valence-electron chi connectivity index (χ3n) is 5.18. The Balaban J connectivity index is 1.73. The van der Waals surface area contributed by atoms with E-state index in [4.69, 9.17) is 11.0 Å². The lowest BCUT2D eigenvalue weighted by molar-refractivity contribution is 0.0695. The second-order valence-electron chi connectivity index (χ2n) is 7.02. The molecule has 2 aromatic heterocycles. The summed E-state index contributed by atoms with van der Waals surface area (Å²) < 4.78 is 16.5.